The molecule has 28 heavy (non-hydrogen) atoms. The van der Waals surface area contributed by atoms with Crippen LogP contribution in [0.25, 0.3) is 11.0 Å². The largest absolute Gasteiger partial charge is 0.451 e. The monoisotopic (exact) mass is 438 g/mol. The number of hydrogen-bond donors (Lipinski definition) is 0. The molecule has 0 radical (unpaired) electrons. The van der Waals surface area contributed by atoms with Gasteiger partial charge in [0.25, 0.3) is 5.91 Å². The van der Waals surface area contributed by atoms with Crippen molar-refractivity contribution in [2.45, 2.75) is 4.90 Å². The van der Waals surface area contributed by atoms with Crippen LogP contribution in [0, 0.1) is 0 Å². The van der Waals surface area contributed by atoms with Gasteiger partial charge in [-0.05, 0) is 36.4 Å². The molecule has 6 nitrogen and oxygen atoms in total. The summed E-state index contributed by atoms with van der Waals surface area (Å²) in [7, 11) is -3.71. The molecule has 0 N–H and O–H groups in total. The molecule has 1 saturated heterocycles. The number of amides is 1. The fourth-order valence-corrected chi connectivity index (χ4v) is 5.30. The molecule has 0 atom stereocenters. The lowest BCUT2D eigenvalue weighted by Gasteiger charge is -2.33. The normalized spacial score (nSPS) is 15.9. The Labute approximate surface area is 172 Å². The predicted octanol–water partition coefficient (Wildman–Crippen LogP) is 3.89. The Morgan fingerprint density at radius 2 is 1.68 bits per heavy atom. The van der Waals surface area contributed by atoms with Gasteiger partial charge in [-0.25, -0.2) is 8.42 Å². The van der Waals surface area contributed by atoms with Crippen molar-refractivity contribution in [1.29, 1.82) is 0 Å². The summed E-state index contributed by atoms with van der Waals surface area (Å²) in [4.78, 5) is 14.4. The number of hydrogen-bond acceptors (Lipinski definition) is 4. The number of fused-ring (bicyclic) bond motifs is 1. The first kappa shape index (κ1) is 19.3. The highest BCUT2D eigenvalue weighted by Crippen LogP contribution is 2.27. The van der Waals surface area contributed by atoms with E-state index in [2.05, 4.69) is 0 Å². The maximum Gasteiger partial charge on any atom is 0.289 e. The fourth-order valence-electron chi connectivity index (χ4n) is 3.20. The Morgan fingerprint density at radius 3 is 2.39 bits per heavy atom. The molecule has 3 aromatic rings. The summed E-state index contributed by atoms with van der Waals surface area (Å²) in [5, 5.41) is 1.49. The lowest BCUT2D eigenvalue weighted by molar-refractivity contribution is 0.0668. The highest BCUT2D eigenvalue weighted by molar-refractivity contribution is 7.89. The van der Waals surface area contributed by atoms with Crippen LogP contribution >= 0.6 is 23.2 Å². The summed E-state index contributed by atoms with van der Waals surface area (Å²) in [5.41, 5.74) is 0.577. The van der Waals surface area contributed by atoms with Crippen LogP contribution in [0.4, 0.5) is 0 Å². The number of sulfonamides is 1. The summed E-state index contributed by atoms with van der Waals surface area (Å²) in [6.07, 6.45) is 0. The van der Waals surface area contributed by atoms with Crippen LogP contribution in [-0.4, -0.2) is 49.7 Å². The van der Waals surface area contributed by atoms with Crippen molar-refractivity contribution in [2.75, 3.05) is 26.2 Å². The molecule has 0 saturated carbocycles. The highest BCUT2D eigenvalue weighted by atomic mass is 35.5. The molecule has 0 unspecified atom stereocenters. The van der Waals surface area contributed by atoms with Crippen LogP contribution in [0.2, 0.25) is 10.0 Å². The first-order chi connectivity index (χ1) is 13.4. The zero-order chi connectivity index (χ0) is 19.9. The summed E-state index contributed by atoms with van der Waals surface area (Å²) in [5.74, 6) is -0.0678. The van der Waals surface area contributed by atoms with E-state index in [1.807, 2.05) is 0 Å². The second-order valence-electron chi connectivity index (χ2n) is 6.42. The van der Waals surface area contributed by atoms with E-state index in [0.29, 0.717) is 10.6 Å². The van der Waals surface area contributed by atoms with Gasteiger partial charge in [0.1, 0.15) is 10.5 Å². The second kappa shape index (κ2) is 7.40. The first-order valence-corrected chi connectivity index (χ1v) is 10.8. The van der Waals surface area contributed by atoms with Gasteiger partial charge in [0, 0.05) is 36.6 Å². The van der Waals surface area contributed by atoms with Crippen molar-refractivity contribution < 1.29 is 17.6 Å². The number of carbonyl (C=O) groups excluding carboxylic acids is 1. The Kier molecular flexibility index (Phi) is 5.09. The van der Waals surface area contributed by atoms with Crippen LogP contribution in [-0.2, 0) is 10.0 Å². The minimum absolute atomic E-state index is 0.0746. The van der Waals surface area contributed by atoms with Gasteiger partial charge >= 0.3 is 0 Å². The van der Waals surface area contributed by atoms with Crippen molar-refractivity contribution in [3.8, 4) is 0 Å². The Balaban J connectivity index is 1.49. The Hall–Kier alpha value is -2.06. The van der Waals surface area contributed by atoms with Crippen LogP contribution in [0.5, 0.6) is 0 Å². The van der Waals surface area contributed by atoms with Gasteiger partial charge in [-0.3, -0.25) is 4.79 Å². The van der Waals surface area contributed by atoms with E-state index in [9.17, 15) is 13.2 Å². The number of piperazine rings is 1. The van der Waals surface area contributed by atoms with Gasteiger partial charge in [-0.2, -0.15) is 4.31 Å². The SMILES string of the molecule is O=C(c1cc2cc(Cl)ccc2o1)N1CCN(S(=O)(=O)c2ccccc2Cl)CC1. The average molecular weight is 439 g/mol. The minimum Gasteiger partial charge on any atom is -0.451 e. The molecule has 4 rings (SSSR count). The van der Waals surface area contributed by atoms with Crippen molar-refractivity contribution >= 4 is 50.1 Å². The van der Waals surface area contributed by atoms with Gasteiger partial charge in [0.2, 0.25) is 10.0 Å². The standard InChI is InChI=1S/C19H16Cl2N2O4S/c20-14-5-6-16-13(11-14)12-17(27-16)19(24)22-7-9-23(10-8-22)28(25,26)18-4-2-1-3-15(18)21/h1-6,11-12H,7-10H2. The Morgan fingerprint density at radius 1 is 0.964 bits per heavy atom. The molecular weight excluding hydrogens is 423 g/mol. The van der Waals surface area contributed by atoms with Gasteiger partial charge in [0.05, 0.1) is 5.02 Å². The molecule has 1 fully saturated rings. The van der Waals surface area contributed by atoms with Crippen LogP contribution < -0.4 is 0 Å². The highest BCUT2D eigenvalue weighted by Gasteiger charge is 2.32. The third kappa shape index (κ3) is 3.51. The summed E-state index contributed by atoms with van der Waals surface area (Å²) < 4.78 is 32.6. The van der Waals surface area contributed by atoms with Crippen LogP contribution in [0.1, 0.15) is 10.6 Å². The van der Waals surface area contributed by atoms with Gasteiger partial charge in [-0.15, -0.1) is 0 Å². The lowest BCUT2D eigenvalue weighted by atomic mass is 10.2. The molecular formula is C19H16Cl2N2O4S. The zero-order valence-electron chi connectivity index (χ0n) is 14.6. The van der Waals surface area contributed by atoms with E-state index in [0.717, 1.165) is 5.39 Å². The predicted molar refractivity (Wildman–Crippen MR) is 107 cm³/mol. The average Bonchev–Trinajstić information content (AvgIpc) is 3.11. The van der Waals surface area contributed by atoms with Gasteiger partial charge < -0.3 is 9.32 Å². The molecule has 2 aromatic carbocycles. The summed E-state index contributed by atoms with van der Waals surface area (Å²) in [6, 6.07) is 13.1. The van der Waals surface area contributed by atoms with Gasteiger partial charge in [-0.1, -0.05) is 35.3 Å². The van der Waals surface area contributed by atoms with E-state index >= 15 is 0 Å². The van der Waals surface area contributed by atoms with Crippen LogP contribution in [0.3, 0.4) is 0 Å². The molecule has 1 aliphatic heterocycles. The Bertz CT molecular complexity index is 1150. The van der Waals surface area contributed by atoms with Crippen molar-refractivity contribution in [3.05, 3.63) is 64.3 Å². The number of halogens is 2. The number of carbonyl (C=O) groups is 1. The molecule has 1 aromatic heterocycles. The fraction of sp³-hybridized carbons (Fsp3) is 0.211. The molecule has 0 aliphatic carbocycles. The van der Waals surface area contributed by atoms with E-state index in [1.165, 1.54) is 10.4 Å². The van der Waals surface area contributed by atoms with E-state index in [-0.39, 0.29) is 47.8 Å². The summed E-state index contributed by atoms with van der Waals surface area (Å²) in [6.45, 7) is 0.900. The molecule has 146 valence electrons. The molecule has 1 aliphatic rings. The van der Waals surface area contributed by atoms with Gasteiger partial charge in [0.15, 0.2) is 5.76 Å². The molecule has 9 heteroatoms. The summed E-state index contributed by atoms with van der Waals surface area (Å²) >= 11 is 12.0. The smallest absolute Gasteiger partial charge is 0.289 e. The maximum absolute atomic E-state index is 12.8. The van der Waals surface area contributed by atoms with E-state index in [1.54, 1.807) is 47.4 Å². The van der Waals surface area contributed by atoms with E-state index < -0.39 is 10.0 Å². The third-order valence-electron chi connectivity index (χ3n) is 4.67. The van der Waals surface area contributed by atoms with Crippen molar-refractivity contribution in [1.82, 2.24) is 9.21 Å². The topological polar surface area (TPSA) is 70.8 Å². The lowest BCUT2D eigenvalue weighted by Crippen LogP contribution is -2.50. The van der Waals surface area contributed by atoms with Crippen molar-refractivity contribution in [2.24, 2.45) is 0 Å². The van der Waals surface area contributed by atoms with Crippen molar-refractivity contribution in [3.63, 3.8) is 0 Å². The second-order valence-corrected chi connectivity index (χ2v) is 9.17. The molecule has 0 bridgehead atoms. The minimum atomic E-state index is -3.71. The third-order valence-corrected chi connectivity index (χ3v) is 7.30. The van der Waals surface area contributed by atoms with Crippen LogP contribution in [0.15, 0.2) is 57.8 Å². The quantitative estimate of drug-likeness (QED) is 0.621. The molecule has 0 spiro atoms. The molecule has 1 amide bonds. The number of rotatable bonds is 3. The zero-order valence-corrected chi connectivity index (χ0v) is 17.0. The van der Waals surface area contributed by atoms with E-state index in [4.69, 9.17) is 27.6 Å². The maximum atomic E-state index is 12.8. The first-order valence-electron chi connectivity index (χ1n) is 8.59. The molecule has 2 heterocycles. The number of furan rings is 1. The number of nitrogens with zero attached hydrogens (tertiary/aromatic N) is 2. The number of benzene rings is 2.